The maximum absolute atomic E-state index is 5.39. The highest BCUT2D eigenvalue weighted by Crippen LogP contribution is 2.24. The molecule has 1 atom stereocenters. The van der Waals surface area contributed by atoms with Gasteiger partial charge >= 0.3 is 0 Å². The molecule has 5 heteroatoms. The molecular formula is C15H18N2O3. The zero-order valence-corrected chi connectivity index (χ0v) is 11.5. The van der Waals surface area contributed by atoms with Crippen LogP contribution in [0.5, 0.6) is 5.75 Å². The van der Waals surface area contributed by atoms with E-state index in [1.54, 1.807) is 7.11 Å². The zero-order chi connectivity index (χ0) is 13.8. The number of nitrogens with zero attached hydrogens (tertiary/aromatic N) is 1. The Morgan fingerprint density at radius 1 is 1.40 bits per heavy atom. The van der Waals surface area contributed by atoms with Crippen molar-refractivity contribution in [3.8, 4) is 17.1 Å². The van der Waals surface area contributed by atoms with Gasteiger partial charge in [-0.1, -0.05) is 17.3 Å². The van der Waals surface area contributed by atoms with Crippen molar-refractivity contribution in [2.75, 3.05) is 20.3 Å². The van der Waals surface area contributed by atoms with E-state index >= 15 is 0 Å². The first kappa shape index (κ1) is 13.1. The molecule has 0 saturated carbocycles. The number of benzene rings is 1. The molecule has 0 bridgehead atoms. The lowest BCUT2D eigenvalue weighted by Gasteiger charge is -2.07. The third-order valence-corrected chi connectivity index (χ3v) is 3.41. The Morgan fingerprint density at radius 2 is 2.35 bits per heavy atom. The minimum atomic E-state index is 0.423. The summed E-state index contributed by atoms with van der Waals surface area (Å²) in [5.74, 6) is 1.56. The van der Waals surface area contributed by atoms with Gasteiger partial charge in [-0.15, -0.1) is 0 Å². The van der Waals surface area contributed by atoms with Crippen molar-refractivity contribution < 1.29 is 14.0 Å². The second-order valence-electron chi connectivity index (χ2n) is 4.86. The van der Waals surface area contributed by atoms with Crippen LogP contribution >= 0.6 is 0 Å². The Bertz CT molecular complexity index is 562. The van der Waals surface area contributed by atoms with E-state index in [1.165, 1.54) is 0 Å². The standard InChI is InChI=1S/C15H18N2O3/c1-18-14-4-2-3-11(7-14)15-8-13(17-20-15)9-16-12-5-6-19-10-12/h2-4,7-8,12,16H,5-6,9-10H2,1H3/t12-/m0/s1. The predicted octanol–water partition coefficient (Wildman–Crippen LogP) is 2.23. The van der Waals surface area contributed by atoms with Crippen molar-refractivity contribution in [3.63, 3.8) is 0 Å². The first-order valence-electron chi connectivity index (χ1n) is 6.76. The molecular weight excluding hydrogens is 256 g/mol. The van der Waals surface area contributed by atoms with Crippen molar-refractivity contribution in [1.82, 2.24) is 10.5 Å². The van der Waals surface area contributed by atoms with Crippen molar-refractivity contribution in [1.29, 1.82) is 0 Å². The van der Waals surface area contributed by atoms with Gasteiger partial charge in [0.15, 0.2) is 5.76 Å². The molecule has 5 nitrogen and oxygen atoms in total. The molecule has 1 saturated heterocycles. The molecule has 1 fully saturated rings. The summed E-state index contributed by atoms with van der Waals surface area (Å²) in [5.41, 5.74) is 1.86. The SMILES string of the molecule is COc1cccc(-c2cc(CN[C@H]3CCOC3)no2)c1. The van der Waals surface area contributed by atoms with Gasteiger partial charge in [0.05, 0.1) is 19.4 Å². The fourth-order valence-electron chi connectivity index (χ4n) is 2.25. The van der Waals surface area contributed by atoms with E-state index in [0.717, 1.165) is 42.4 Å². The molecule has 0 unspecified atom stereocenters. The van der Waals surface area contributed by atoms with Crippen LogP contribution in [0, 0.1) is 0 Å². The smallest absolute Gasteiger partial charge is 0.167 e. The van der Waals surface area contributed by atoms with Gasteiger partial charge in [0.1, 0.15) is 5.75 Å². The molecule has 1 aromatic heterocycles. The van der Waals surface area contributed by atoms with E-state index in [4.69, 9.17) is 14.0 Å². The second kappa shape index (κ2) is 6.07. The van der Waals surface area contributed by atoms with Gasteiger partial charge in [-0.2, -0.15) is 0 Å². The fraction of sp³-hybridized carbons (Fsp3) is 0.400. The van der Waals surface area contributed by atoms with Crippen LogP contribution in [0.2, 0.25) is 0 Å². The first-order valence-corrected chi connectivity index (χ1v) is 6.76. The van der Waals surface area contributed by atoms with Crippen molar-refractivity contribution in [3.05, 3.63) is 36.0 Å². The lowest BCUT2D eigenvalue weighted by Crippen LogP contribution is -2.28. The van der Waals surface area contributed by atoms with Gasteiger partial charge in [0.25, 0.3) is 0 Å². The molecule has 0 radical (unpaired) electrons. The van der Waals surface area contributed by atoms with Crippen LogP contribution in [0.4, 0.5) is 0 Å². The highest BCUT2D eigenvalue weighted by molar-refractivity contribution is 5.59. The predicted molar refractivity (Wildman–Crippen MR) is 74.6 cm³/mol. The number of hydrogen-bond acceptors (Lipinski definition) is 5. The summed E-state index contributed by atoms with van der Waals surface area (Å²) in [4.78, 5) is 0. The molecule has 0 aliphatic carbocycles. The molecule has 106 valence electrons. The van der Waals surface area contributed by atoms with E-state index < -0.39 is 0 Å². The maximum Gasteiger partial charge on any atom is 0.167 e. The average Bonchev–Trinajstić information content (AvgIpc) is 3.16. The summed E-state index contributed by atoms with van der Waals surface area (Å²) < 4.78 is 15.9. The molecule has 0 amide bonds. The molecule has 0 spiro atoms. The van der Waals surface area contributed by atoms with E-state index in [0.29, 0.717) is 12.6 Å². The zero-order valence-electron chi connectivity index (χ0n) is 11.5. The summed E-state index contributed by atoms with van der Waals surface area (Å²) in [6.07, 6.45) is 1.06. The van der Waals surface area contributed by atoms with Crippen LogP contribution in [-0.4, -0.2) is 31.5 Å². The lowest BCUT2D eigenvalue weighted by atomic mass is 10.1. The molecule has 1 N–H and O–H groups in total. The Morgan fingerprint density at radius 3 is 3.15 bits per heavy atom. The summed E-state index contributed by atoms with van der Waals surface area (Å²) >= 11 is 0. The Balaban J connectivity index is 1.66. The lowest BCUT2D eigenvalue weighted by molar-refractivity contribution is 0.189. The highest BCUT2D eigenvalue weighted by Gasteiger charge is 2.15. The number of ether oxygens (including phenoxy) is 2. The third kappa shape index (κ3) is 3.00. The van der Waals surface area contributed by atoms with Crippen LogP contribution in [0.3, 0.4) is 0 Å². The first-order chi connectivity index (χ1) is 9.85. The maximum atomic E-state index is 5.39. The number of aromatic nitrogens is 1. The molecule has 1 aliphatic heterocycles. The van der Waals surface area contributed by atoms with E-state index in [-0.39, 0.29) is 0 Å². The Labute approximate surface area is 117 Å². The fourth-order valence-corrected chi connectivity index (χ4v) is 2.25. The van der Waals surface area contributed by atoms with E-state index in [1.807, 2.05) is 30.3 Å². The van der Waals surface area contributed by atoms with Crippen molar-refractivity contribution in [2.24, 2.45) is 0 Å². The van der Waals surface area contributed by atoms with Crippen LogP contribution < -0.4 is 10.1 Å². The number of nitrogens with one attached hydrogen (secondary N) is 1. The number of hydrogen-bond donors (Lipinski definition) is 1. The van der Waals surface area contributed by atoms with E-state index in [2.05, 4.69) is 10.5 Å². The van der Waals surface area contributed by atoms with Gasteiger partial charge in [-0.05, 0) is 18.6 Å². The van der Waals surface area contributed by atoms with Crippen LogP contribution in [-0.2, 0) is 11.3 Å². The van der Waals surface area contributed by atoms with Crippen LogP contribution in [0.25, 0.3) is 11.3 Å². The second-order valence-corrected chi connectivity index (χ2v) is 4.86. The van der Waals surface area contributed by atoms with Crippen molar-refractivity contribution >= 4 is 0 Å². The Hall–Kier alpha value is -1.85. The van der Waals surface area contributed by atoms with Gasteiger partial charge in [0.2, 0.25) is 0 Å². The quantitative estimate of drug-likeness (QED) is 0.906. The third-order valence-electron chi connectivity index (χ3n) is 3.41. The van der Waals surface area contributed by atoms with Gasteiger partial charge in [0, 0.05) is 30.8 Å². The normalized spacial score (nSPS) is 18.4. The molecule has 2 heterocycles. The molecule has 3 rings (SSSR count). The van der Waals surface area contributed by atoms with Crippen LogP contribution in [0.15, 0.2) is 34.9 Å². The molecule has 1 aromatic carbocycles. The van der Waals surface area contributed by atoms with Gasteiger partial charge in [-0.25, -0.2) is 0 Å². The summed E-state index contributed by atoms with van der Waals surface area (Å²) in [6.45, 7) is 2.31. The number of rotatable bonds is 5. The molecule has 2 aromatic rings. The summed E-state index contributed by atoms with van der Waals surface area (Å²) in [6, 6.07) is 10.1. The number of methoxy groups -OCH3 is 1. The summed E-state index contributed by atoms with van der Waals surface area (Å²) in [5, 5.41) is 7.50. The minimum absolute atomic E-state index is 0.423. The highest BCUT2D eigenvalue weighted by atomic mass is 16.5. The van der Waals surface area contributed by atoms with Crippen LogP contribution in [0.1, 0.15) is 12.1 Å². The van der Waals surface area contributed by atoms with Crippen molar-refractivity contribution in [2.45, 2.75) is 19.0 Å². The van der Waals surface area contributed by atoms with Gasteiger partial charge in [-0.3, -0.25) is 0 Å². The molecule has 1 aliphatic rings. The molecule has 20 heavy (non-hydrogen) atoms. The minimum Gasteiger partial charge on any atom is -0.497 e. The topological polar surface area (TPSA) is 56.5 Å². The van der Waals surface area contributed by atoms with E-state index in [9.17, 15) is 0 Å². The monoisotopic (exact) mass is 274 g/mol. The Kier molecular flexibility index (Phi) is 3.99. The average molecular weight is 274 g/mol. The van der Waals surface area contributed by atoms with Gasteiger partial charge < -0.3 is 19.3 Å². The largest absolute Gasteiger partial charge is 0.497 e. The summed E-state index contributed by atoms with van der Waals surface area (Å²) in [7, 11) is 1.65.